The van der Waals surface area contributed by atoms with Gasteiger partial charge in [-0.1, -0.05) is 0 Å². The molecule has 26 heavy (non-hydrogen) atoms. The molecule has 0 fully saturated rings. The first kappa shape index (κ1) is 21.2. The molecule has 1 aliphatic rings. The average Bonchev–Trinajstić information content (AvgIpc) is 2.57. The standard InChI is InChI=1S/C14H27N9O3/c1-18-12(16)19-5-3-4-8(15)6-10(24)23(2)9-7-20-14(21-11(9)25)22-13(17)26/h8-9H,3-7,15H2,1-2H3,(H3,16,18,19)(H4,17,20,21,22,25,26)/t8-,9?/m0/s1. The summed E-state index contributed by atoms with van der Waals surface area (Å²) in [6.07, 6.45) is 1.45. The molecule has 12 nitrogen and oxygen atoms in total. The van der Waals surface area contributed by atoms with Crippen LogP contribution in [0, 0.1) is 0 Å². The number of urea groups is 1. The van der Waals surface area contributed by atoms with E-state index in [9.17, 15) is 14.4 Å². The van der Waals surface area contributed by atoms with Gasteiger partial charge in [0.15, 0.2) is 5.96 Å². The normalized spacial score (nSPS) is 18.4. The number of nitrogens with one attached hydrogen (secondary N) is 3. The van der Waals surface area contributed by atoms with Gasteiger partial charge in [0.1, 0.15) is 6.04 Å². The molecule has 0 aromatic carbocycles. The van der Waals surface area contributed by atoms with Gasteiger partial charge in [-0.25, -0.2) is 9.79 Å². The molecular formula is C14H27N9O3. The largest absolute Gasteiger partial charge is 0.370 e. The van der Waals surface area contributed by atoms with Crippen LogP contribution in [0.25, 0.3) is 0 Å². The van der Waals surface area contributed by atoms with Gasteiger partial charge < -0.3 is 27.4 Å². The smallest absolute Gasteiger partial charge is 0.318 e. The Balaban J connectivity index is 2.43. The molecule has 0 aromatic rings. The van der Waals surface area contributed by atoms with Crippen molar-refractivity contribution in [2.45, 2.75) is 31.3 Å². The Kier molecular flexibility index (Phi) is 8.28. The third-order valence-electron chi connectivity index (χ3n) is 3.80. The van der Waals surface area contributed by atoms with Crippen LogP contribution in [0.5, 0.6) is 0 Å². The molecule has 2 atom stereocenters. The van der Waals surface area contributed by atoms with Gasteiger partial charge in [-0.05, 0) is 12.8 Å². The molecule has 1 heterocycles. The molecule has 0 bridgehead atoms. The fourth-order valence-electron chi connectivity index (χ4n) is 2.29. The molecule has 9 N–H and O–H groups in total. The lowest BCUT2D eigenvalue weighted by Crippen LogP contribution is -2.58. The molecule has 0 saturated carbocycles. The molecule has 1 aliphatic heterocycles. The van der Waals surface area contributed by atoms with Gasteiger partial charge in [0.05, 0.1) is 6.54 Å². The molecule has 0 radical (unpaired) electrons. The van der Waals surface area contributed by atoms with E-state index >= 15 is 0 Å². The number of guanidine groups is 2. The molecular weight excluding hydrogens is 342 g/mol. The SMILES string of the molecule is CN=C(N)NCCC[C@H](N)CC(=O)N(C)C1CN=C(NC(N)=O)NC1=O. The van der Waals surface area contributed by atoms with Crippen LogP contribution in [0.3, 0.4) is 0 Å². The highest BCUT2D eigenvalue weighted by atomic mass is 16.2. The van der Waals surface area contributed by atoms with Crippen molar-refractivity contribution < 1.29 is 14.4 Å². The Morgan fingerprint density at radius 1 is 1.46 bits per heavy atom. The summed E-state index contributed by atoms with van der Waals surface area (Å²) >= 11 is 0. The molecule has 4 amide bonds. The van der Waals surface area contributed by atoms with E-state index < -0.39 is 18.0 Å². The molecule has 146 valence electrons. The fraction of sp³-hybridized carbons (Fsp3) is 0.643. The predicted octanol–water partition coefficient (Wildman–Crippen LogP) is -3.00. The zero-order chi connectivity index (χ0) is 19.7. The summed E-state index contributed by atoms with van der Waals surface area (Å²) in [6, 6.07) is -1.94. The van der Waals surface area contributed by atoms with Crippen molar-refractivity contribution in [2.24, 2.45) is 27.2 Å². The molecule has 1 rings (SSSR count). The Labute approximate surface area is 151 Å². The summed E-state index contributed by atoms with van der Waals surface area (Å²) in [5, 5.41) is 7.48. The molecule has 12 heteroatoms. The average molecular weight is 369 g/mol. The van der Waals surface area contributed by atoms with Crippen molar-refractivity contribution in [3.05, 3.63) is 0 Å². The molecule has 0 aliphatic carbocycles. The van der Waals surface area contributed by atoms with Crippen molar-refractivity contribution in [1.29, 1.82) is 0 Å². The van der Waals surface area contributed by atoms with Crippen LogP contribution in [-0.2, 0) is 9.59 Å². The number of aliphatic imine (C=N–C) groups is 2. The summed E-state index contributed by atoms with van der Waals surface area (Å²) < 4.78 is 0. The first-order valence-electron chi connectivity index (χ1n) is 8.13. The van der Waals surface area contributed by atoms with Gasteiger partial charge in [0.2, 0.25) is 11.9 Å². The quantitative estimate of drug-likeness (QED) is 0.157. The number of likely N-dealkylation sites (N-methyl/N-ethyl adjacent to an activating group) is 1. The molecule has 1 unspecified atom stereocenters. The summed E-state index contributed by atoms with van der Waals surface area (Å²) in [7, 11) is 3.10. The van der Waals surface area contributed by atoms with Gasteiger partial charge in [-0.2, -0.15) is 0 Å². The van der Waals surface area contributed by atoms with Crippen LogP contribution < -0.4 is 33.2 Å². The number of primary amides is 1. The zero-order valence-corrected chi connectivity index (χ0v) is 15.0. The number of nitrogens with zero attached hydrogens (tertiary/aromatic N) is 3. The van der Waals surface area contributed by atoms with E-state index in [0.29, 0.717) is 18.9 Å². The summed E-state index contributed by atoms with van der Waals surface area (Å²) in [5.74, 6) is -0.393. The highest BCUT2D eigenvalue weighted by molar-refractivity contribution is 6.07. The molecule has 0 saturated heterocycles. The molecule has 0 aromatic heterocycles. The van der Waals surface area contributed by atoms with Gasteiger partial charge in [-0.15, -0.1) is 0 Å². The number of nitrogens with two attached hydrogens (primary N) is 3. The Morgan fingerprint density at radius 3 is 2.73 bits per heavy atom. The number of carbonyl (C=O) groups is 3. The lowest BCUT2D eigenvalue weighted by atomic mass is 10.1. The maximum absolute atomic E-state index is 12.3. The first-order valence-corrected chi connectivity index (χ1v) is 8.13. The third kappa shape index (κ3) is 6.93. The van der Waals surface area contributed by atoms with Crippen LogP contribution >= 0.6 is 0 Å². The lowest BCUT2D eigenvalue weighted by Gasteiger charge is -2.30. The van der Waals surface area contributed by atoms with Crippen molar-refractivity contribution in [3.8, 4) is 0 Å². The number of carbonyl (C=O) groups excluding carboxylic acids is 3. The summed E-state index contributed by atoms with van der Waals surface area (Å²) in [5.41, 5.74) is 16.4. The van der Waals surface area contributed by atoms with Crippen molar-refractivity contribution in [3.63, 3.8) is 0 Å². The van der Waals surface area contributed by atoms with Gasteiger partial charge in [0.25, 0.3) is 5.91 Å². The number of hydrogen-bond donors (Lipinski definition) is 6. The van der Waals surface area contributed by atoms with Crippen LogP contribution in [0.15, 0.2) is 9.98 Å². The number of amides is 4. The maximum atomic E-state index is 12.3. The van der Waals surface area contributed by atoms with Gasteiger partial charge in [-0.3, -0.25) is 25.2 Å². The van der Waals surface area contributed by atoms with Crippen LogP contribution in [-0.4, -0.2) is 73.9 Å². The van der Waals surface area contributed by atoms with E-state index in [0.717, 1.165) is 6.42 Å². The summed E-state index contributed by atoms with van der Waals surface area (Å²) in [4.78, 5) is 44.2. The number of hydrogen-bond acceptors (Lipinski definition) is 6. The van der Waals surface area contributed by atoms with E-state index in [1.165, 1.54) is 11.9 Å². The second kappa shape index (κ2) is 10.2. The van der Waals surface area contributed by atoms with E-state index in [1.54, 1.807) is 7.05 Å². The minimum absolute atomic E-state index is 0.0263. The Hall–Kier alpha value is -2.89. The number of rotatable bonds is 7. The van der Waals surface area contributed by atoms with Gasteiger partial charge in [0, 0.05) is 33.1 Å². The fourth-order valence-corrected chi connectivity index (χ4v) is 2.29. The van der Waals surface area contributed by atoms with Crippen molar-refractivity contribution in [1.82, 2.24) is 20.9 Å². The minimum Gasteiger partial charge on any atom is -0.370 e. The highest BCUT2D eigenvalue weighted by Gasteiger charge is 2.31. The van der Waals surface area contributed by atoms with Crippen LogP contribution in [0.2, 0.25) is 0 Å². The van der Waals surface area contributed by atoms with E-state index in [-0.39, 0.29) is 30.9 Å². The highest BCUT2D eigenvalue weighted by Crippen LogP contribution is 2.07. The van der Waals surface area contributed by atoms with Crippen molar-refractivity contribution in [2.75, 3.05) is 27.2 Å². The Bertz CT molecular complexity index is 590. The summed E-state index contributed by atoms with van der Waals surface area (Å²) in [6.45, 7) is 0.634. The van der Waals surface area contributed by atoms with E-state index in [2.05, 4.69) is 25.9 Å². The zero-order valence-electron chi connectivity index (χ0n) is 15.0. The second-order valence-corrected chi connectivity index (χ2v) is 5.83. The van der Waals surface area contributed by atoms with Crippen LogP contribution in [0.1, 0.15) is 19.3 Å². The maximum Gasteiger partial charge on any atom is 0.318 e. The Morgan fingerprint density at radius 2 is 2.15 bits per heavy atom. The monoisotopic (exact) mass is 369 g/mol. The van der Waals surface area contributed by atoms with Crippen LogP contribution in [0.4, 0.5) is 4.79 Å². The van der Waals surface area contributed by atoms with E-state index in [1.807, 2.05) is 0 Å². The second-order valence-electron chi connectivity index (χ2n) is 5.83. The minimum atomic E-state index is -0.834. The molecule has 0 spiro atoms. The van der Waals surface area contributed by atoms with Crippen molar-refractivity contribution >= 4 is 29.8 Å². The van der Waals surface area contributed by atoms with Gasteiger partial charge >= 0.3 is 6.03 Å². The van der Waals surface area contributed by atoms with E-state index in [4.69, 9.17) is 17.2 Å². The third-order valence-corrected chi connectivity index (χ3v) is 3.80. The lowest BCUT2D eigenvalue weighted by molar-refractivity contribution is -0.138. The predicted molar refractivity (Wildman–Crippen MR) is 97.1 cm³/mol. The first-order chi connectivity index (χ1) is 12.2. The topological polar surface area (TPSA) is 193 Å².